The van der Waals surface area contributed by atoms with Crippen LogP contribution in [0.1, 0.15) is 39.5 Å². The first-order valence-corrected chi connectivity index (χ1v) is 10.2. The third-order valence-corrected chi connectivity index (χ3v) is 4.93. The number of hydrogen-bond acceptors (Lipinski definition) is 4. The van der Waals surface area contributed by atoms with Crippen molar-refractivity contribution in [1.82, 2.24) is 10.2 Å². The zero-order valence-corrected chi connectivity index (χ0v) is 17.0. The summed E-state index contributed by atoms with van der Waals surface area (Å²) in [6.45, 7) is 6.07. The number of para-hydroxylation sites is 1. The Kier molecular flexibility index (Phi) is 9.20. The van der Waals surface area contributed by atoms with Crippen molar-refractivity contribution in [3.05, 3.63) is 30.1 Å². The second kappa shape index (κ2) is 11.6. The molecule has 1 heterocycles. The van der Waals surface area contributed by atoms with Crippen LogP contribution in [-0.4, -0.2) is 62.1 Å². The molecule has 0 aliphatic carbocycles. The average molecular weight is 394 g/mol. The molecule has 0 radical (unpaired) electrons. The van der Waals surface area contributed by atoms with E-state index in [1.807, 2.05) is 11.8 Å². The number of carbonyl (C=O) groups is 2. The topological polar surface area (TPSA) is 61.9 Å². The molecule has 6 nitrogen and oxygen atoms in total. The molecule has 0 spiro atoms. The van der Waals surface area contributed by atoms with Gasteiger partial charge in [-0.15, -0.1) is 0 Å². The molecular weight excluding hydrogens is 361 g/mol. The molecule has 1 aromatic rings. The van der Waals surface area contributed by atoms with Crippen LogP contribution in [0.5, 0.6) is 0 Å². The maximum Gasteiger partial charge on any atom is 0.248 e. The molecular formula is C21H32FN3O3. The van der Waals surface area contributed by atoms with Crippen LogP contribution in [-0.2, 0) is 14.3 Å². The Bertz CT molecular complexity index is 633. The van der Waals surface area contributed by atoms with Gasteiger partial charge in [0.05, 0.1) is 5.69 Å². The highest BCUT2D eigenvalue weighted by Gasteiger charge is 2.22. The van der Waals surface area contributed by atoms with Gasteiger partial charge in [-0.05, 0) is 25.5 Å². The fourth-order valence-electron chi connectivity index (χ4n) is 3.32. The van der Waals surface area contributed by atoms with Gasteiger partial charge >= 0.3 is 0 Å². The first-order valence-electron chi connectivity index (χ1n) is 10.2. The van der Waals surface area contributed by atoms with E-state index in [-0.39, 0.29) is 36.9 Å². The van der Waals surface area contributed by atoms with Gasteiger partial charge in [0, 0.05) is 32.2 Å². The molecule has 28 heavy (non-hydrogen) atoms. The second-order valence-corrected chi connectivity index (χ2v) is 7.28. The summed E-state index contributed by atoms with van der Waals surface area (Å²) in [4.78, 5) is 27.8. The zero-order chi connectivity index (χ0) is 20.4. The van der Waals surface area contributed by atoms with Gasteiger partial charge in [0.15, 0.2) is 0 Å². The van der Waals surface area contributed by atoms with E-state index in [0.717, 1.165) is 25.7 Å². The number of carbonyl (C=O) groups excluding carboxylic acids is 2. The summed E-state index contributed by atoms with van der Waals surface area (Å²) in [5, 5.41) is 2.89. The number of halogens is 1. The largest absolute Gasteiger partial charge is 0.366 e. The summed E-state index contributed by atoms with van der Waals surface area (Å²) in [6, 6.07) is 6.77. The van der Waals surface area contributed by atoms with Crippen molar-refractivity contribution in [2.24, 2.45) is 0 Å². The lowest BCUT2D eigenvalue weighted by molar-refractivity contribution is -0.138. The van der Waals surface area contributed by atoms with Gasteiger partial charge in [0.2, 0.25) is 11.8 Å². The normalized spacial score (nSPS) is 15.4. The summed E-state index contributed by atoms with van der Waals surface area (Å²) < 4.78 is 19.2. The summed E-state index contributed by atoms with van der Waals surface area (Å²) in [7, 11) is 0. The van der Waals surface area contributed by atoms with Crippen LogP contribution in [0.25, 0.3) is 0 Å². The van der Waals surface area contributed by atoms with Crippen LogP contribution in [0.15, 0.2) is 24.3 Å². The Morgan fingerprint density at radius 2 is 1.86 bits per heavy atom. The molecule has 1 saturated heterocycles. The Hall–Kier alpha value is -2.15. The first-order chi connectivity index (χ1) is 13.5. The van der Waals surface area contributed by atoms with Gasteiger partial charge in [-0.2, -0.15) is 0 Å². The molecule has 1 aromatic carbocycles. The highest BCUT2D eigenvalue weighted by atomic mass is 19.1. The fourth-order valence-corrected chi connectivity index (χ4v) is 3.32. The van der Waals surface area contributed by atoms with Crippen molar-refractivity contribution in [1.29, 1.82) is 0 Å². The van der Waals surface area contributed by atoms with Crippen molar-refractivity contribution in [3.63, 3.8) is 0 Å². The lowest BCUT2D eigenvalue weighted by Crippen LogP contribution is -2.50. The van der Waals surface area contributed by atoms with E-state index in [1.54, 1.807) is 23.1 Å². The quantitative estimate of drug-likeness (QED) is 0.621. The molecule has 0 unspecified atom stereocenters. The van der Waals surface area contributed by atoms with Gasteiger partial charge in [0.25, 0.3) is 0 Å². The maximum atomic E-state index is 13.9. The Morgan fingerprint density at radius 3 is 2.54 bits per heavy atom. The number of unbranched alkanes of at least 4 members (excludes halogenated alkanes) is 2. The lowest BCUT2D eigenvalue weighted by Gasteiger charge is -2.36. The van der Waals surface area contributed by atoms with E-state index in [4.69, 9.17) is 4.74 Å². The van der Waals surface area contributed by atoms with E-state index < -0.39 is 0 Å². The van der Waals surface area contributed by atoms with Crippen LogP contribution in [0.3, 0.4) is 0 Å². The standard InChI is InChI=1S/C21H32FN3O3/c1-3-4-5-8-17(2)23-20(26)15-28-16-21(27)25-13-11-24(12-14-25)19-10-7-6-9-18(19)22/h6-7,9-10,17H,3-5,8,11-16H2,1-2H3,(H,23,26)/t17-/m1/s1. The Balaban J connectivity index is 1.64. The molecule has 1 aliphatic rings. The van der Waals surface area contributed by atoms with Gasteiger partial charge < -0.3 is 19.9 Å². The second-order valence-electron chi connectivity index (χ2n) is 7.28. The smallest absolute Gasteiger partial charge is 0.248 e. The molecule has 156 valence electrons. The first kappa shape index (κ1) is 22.1. The van der Waals surface area contributed by atoms with Crippen LogP contribution >= 0.6 is 0 Å². The monoisotopic (exact) mass is 393 g/mol. The molecule has 0 bridgehead atoms. The van der Waals surface area contributed by atoms with E-state index in [1.165, 1.54) is 6.07 Å². The van der Waals surface area contributed by atoms with Crippen LogP contribution in [0, 0.1) is 5.82 Å². The molecule has 1 fully saturated rings. The summed E-state index contributed by atoms with van der Waals surface area (Å²) in [6.07, 6.45) is 4.36. The average Bonchev–Trinajstić information content (AvgIpc) is 2.68. The molecule has 0 saturated carbocycles. The van der Waals surface area contributed by atoms with Gasteiger partial charge in [0.1, 0.15) is 19.0 Å². The minimum absolute atomic E-state index is 0.112. The highest BCUT2D eigenvalue weighted by Crippen LogP contribution is 2.20. The summed E-state index contributed by atoms with van der Waals surface area (Å²) in [5.41, 5.74) is 0.565. The van der Waals surface area contributed by atoms with Crippen molar-refractivity contribution in [2.75, 3.05) is 44.3 Å². The third kappa shape index (κ3) is 7.11. The number of benzene rings is 1. The van der Waals surface area contributed by atoms with Crippen LogP contribution < -0.4 is 10.2 Å². The fraction of sp³-hybridized carbons (Fsp3) is 0.619. The molecule has 1 atom stereocenters. The number of nitrogens with one attached hydrogen (secondary N) is 1. The number of nitrogens with zero attached hydrogens (tertiary/aromatic N) is 2. The number of hydrogen-bond donors (Lipinski definition) is 1. The van der Waals surface area contributed by atoms with Gasteiger partial charge in [-0.1, -0.05) is 38.3 Å². The van der Waals surface area contributed by atoms with Crippen molar-refractivity contribution < 1.29 is 18.7 Å². The molecule has 1 aliphatic heterocycles. The minimum Gasteiger partial charge on any atom is -0.366 e. The minimum atomic E-state index is -0.249. The van der Waals surface area contributed by atoms with E-state index in [9.17, 15) is 14.0 Å². The van der Waals surface area contributed by atoms with Crippen molar-refractivity contribution >= 4 is 17.5 Å². The van der Waals surface area contributed by atoms with Gasteiger partial charge in [-0.25, -0.2) is 4.39 Å². The highest BCUT2D eigenvalue weighted by molar-refractivity contribution is 5.80. The Morgan fingerprint density at radius 1 is 1.14 bits per heavy atom. The van der Waals surface area contributed by atoms with E-state index in [0.29, 0.717) is 31.9 Å². The molecule has 1 N–H and O–H groups in total. The van der Waals surface area contributed by atoms with Crippen molar-refractivity contribution in [3.8, 4) is 0 Å². The summed E-state index contributed by atoms with van der Waals surface area (Å²) in [5.74, 6) is -0.585. The zero-order valence-electron chi connectivity index (χ0n) is 17.0. The number of amides is 2. The summed E-state index contributed by atoms with van der Waals surface area (Å²) >= 11 is 0. The number of ether oxygens (including phenoxy) is 1. The number of rotatable bonds is 10. The Labute approximate surface area is 167 Å². The maximum absolute atomic E-state index is 13.9. The van der Waals surface area contributed by atoms with E-state index in [2.05, 4.69) is 12.2 Å². The SMILES string of the molecule is CCCCC[C@@H](C)NC(=O)COCC(=O)N1CCN(c2ccccc2F)CC1. The van der Waals surface area contributed by atoms with Crippen LogP contribution in [0.2, 0.25) is 0 Å². The van der Waals surface area contributed by atoms with Gasteiger partial charge in [-0.3, -0.25) is 9.59 Å². The van der Waals surface area contributed by atoms with Crippen molar-refractivity contribution in [2.45, 2.75) is 45.6 Å². The lowest BCUT2D eigenvalue weighted by atomic mass is 10.1. The number of anilines is 1. The molecule has 2 rings (SSSR count). The molecule has 2 amide bonds. The predicted octanol–water partition coefficient (Wildman–Crippen LogP) is 2.58. The third-order valence-electron chi connectivity index (χ3n) is 4.93. The number of piperazine rings is 1. The predicted molar refractivity (Wildman–Crippen MR) is 108 cm³/mol. The van der Waals surface area contributed by atoms with E-state index >= 15 is 0 Å². The van der Waals surface area contributed by atoms with Crippen LogP contribution in [0.4, 0.5) is 10.1 Å². The molecule has 7 heteroatoms. The molecule has 0 aromatic heterocycles.